The predicted molar refractivity (Wildman–Crippen MR) is 70.0 cm³/mol. The van der Waals surface area contributed by atoms with E-state index in [2.05, 4.69) is 36.1 Å². The Hall–Kier alpha value is -0.900. The first kappa shape index (κ1) is 12.6. The minimum atomic E-state index is 0.152. The first-order valence-corrected chi connectivity index (χ1v) is 6.38. The standard InChI is InChI=1S/C14H22N2O/c1-12-4-2-3-5-13(12)14(15)6-7-16-8-10-17-11-9-16/h2-5,14H,6-11,15H2,1H3. The lowest BCUT2D eigenvalue weighted by atomic mass is 9.99. The van der Waals surface area contributed by atoms with E-state index >= 15 is 0 Å². The predicted octanol–water partition coefficient (Wildman–Crippen LogP) is 1.72. The van der Waals surface area contributed by atoms with E-state index in [-0.39, 0.29) is 6.04 Å². The van der Waals surface area contributed by atoms with E-state index in [1.54, 1.807) is 0 Å². The number of morpholine rings is 1. The highest BCUT2D eigenvalue weighted by atomic mass is 16.5. The molecule has 3 heteroatoms. The molecular formula is C14H22N2O. The van der Waals surface area contributed by atoms with E-state index in [0.29, 0.717) is 0 Å². The molecule has 0 aliphatic carbocycles. The molecule has 1 aliphatic heterocycles. The van der Waals surface area contributed by atoms with E-state index in [4.69, 9.17) is 10.5 Å². The highest BCUT2D eigenvalue weighted by Gasteiger charge is 2.13. The van der Waals surface area contributed by atoms with Crippen LogP contribution in [0.5, 0.6) is 0 Å². The van der Waals surface area contributed by atoms with Crippen LogP contribution in [-0.2, 0) is 4.74 Å². The van der Waals surface area contributed by atoms with Crippen molar-refractivity contribution in [1.29, 1.82) is 0 Å². The van der Waals surface area contributed by atoms with Gasteiger partial charge >= 0.3 is 0 Å². The van der Waals surface area contributed by atoms with Gasteiger partial charge in [0.05, 0.1) is 13.2 Å². The number of aryl methyl sites for hydroxylation is 1. The molecule has 2 N–H and O–H groups in total. The van der Waals surface area contributed by atoms with Crippen LogP contribution in [0.1, 0.15) is 23.6 Å². The largest absolute Gasteiger partial charge is 0.379 e. The van der Waals surface area contributed by atoms with Gasteiger partial charge in [0.25, 0.3) is 0 Å². The summed E-state index contributed by atoms with van der Waals surface area (Å²) in [6.07, 6.45) is 1.02. The van der Waals surface area contributed by atoms with Gasteiger partial charge in [-0.3, -0.25) is 4.90 Å². The maximum absolute atomic E-state index is 6.26. The molecule has 3 nitrogen and oxygen atoms in total. The summed E-state index contributed by atoms with van der Waals surface area (Å²) < 4.78 is 5.34. The zero-order chi connectivity index (χ0) is 12.1. The molecule has 0 aromatic heterocycles. The Labute approximate surface area is 104 Å². The Morgan fingerprint density at radius 1 is 1.29 bits per heavy atom. The zero-order valence-corrected chi connectivity index (χ0v) is 10.6. The smallest absolute Gasteiger partial charge is 0.0594 e. The summed E-state index contributed by atoms with van der Waals surface area (Å²) >= 11 is 0. The molecule has 1 atom stereocenters. The monoisotopic (exact) mass is 234 g/mol. The van der Waals surface area contributed by atoms with Crippen molar-refractivity contribution in [2.24, 2.45) is 5.73 Å². The summed E-state index contributed by atoms with van der Waals surface area (Å²) in [7, 11) is 0. The van der Waals surface area contributed by atoms with Gasteiger partial charge < -0.3 is 10.5 Å². The van der Waals surface area contributed by atoms with Gasteiger partial charge in [0, 0.05) is 25.7 Å². The van der Waals surface area contributed by atoms with E-state index in [1.807, 2.05) is 0 Å². The Bertz CT molecular complexity index is 348. The van der Waals surface area contributed by atoms with Crippen molar-refractivity contribution in [1.82, 2.24) is 4.90 Å². The van der Waals surface area contributed by atoms with E-state index in [1.165, 1.54) is 11.1 Å². The van der Waals surface area contributed by atoms with Gasteiger partial charge in [-0.2, -0.15) is 0 Å². The number of nitrogens with zero attached hydrogens (tertiary/aromatic N) is 1. The Balaban J connectivity index is 1.84. The Kier molecular flexibility index (Phi) is 4.54. The highest BCUT2D eigenvalue weighted by Crippen LogP contribution is 2.18. The summed E-state index contributed by atoms with van der Waals surface area (Å²) in [4.78, 5) is 2.43. The van der Waals surface area contributed by atoms with Crippen molar-refractivity contribution in [3.05, 3.63) is 35.4 Å². The zero-order valence-electron chi connectivity index (χ0n) is 10.6. The third-order valence-corrected chi connectivity index (χ3v) is 3.45. The molecule has 0 amide bonds. The average molecular weight is 234 g/mol. The van der Waals surface area contributed by atoms with Crippen LogP contribution in [0, 0.1) is 6.92 Å². The molecule has 1 unspecified atom stereocenters. The van der Waals surface area contributed by atoms with E-state index < -0.39 is 0 Å². The molecule has 1 aliphatic rings. The first-order valence-electron chi connectivity index (χ1n) is 6.38. The quantitative estimate of drug-likeness (QED) is 0.862. The number of hydrogen-bond acceptors (Lipinski definition) is 3. The number of rotatable bonds is 4. The van der Waals surface area contributed by atoms with Crippen molar-refractivity contribution in [2.75, 3.05) is 32.8 Å². The summed E-state index contributed by atoms with van der Waals surface area (Å²) in [5.74, 6) is 0. The van der Waals surface area contributed by atoms with Gasteiger partial charge in [-0.25, -0.2) is 0 Å². The number of hydrogen-bond donors (Lipinski definition) is 1. The number of benzene rings is 1. The summed E-state index contributed by atoms with van der Waals surface area (Å²) in [6, 6.07) is 8.55. The van der Waals surface area contributed by atoms with Crippen molar-refractivity contribution in [3.63, 3.8) is 0 Å². The molecule has 0 spiro atoms. The molecule has 1 aromatic rings. The maximum Gasteiger partial charge on any atom is 0.0594 e. The third-order valence-electron chi connectivity index (χ3n) is 3.45. The topological polar surface area (TPSA) is 38.5 Å². The van der Waals surface area contributed by atoms with Crippen molar-refractivity contribution in [3.8, 4) is 0 Å². The fraction of sp³-hybridized carbons (Fsp3) is 0.571. The second-order valence-electron chi connectivity index (χ2n) is 4.71. The van der Waals surface area contributed by atoms with Crippen LogP contribution in [0.4, 0.5) is 0 Å². The minimum absolute atomic E-state index is 0.152. The van der Waals surface area contributed by atoms with Crippen LogP contribution in [-0.4, -0.2) is 37.7 Å². The minimum Gasteiger partial charge on any atom is -0.379 e. The summed E-state index contributed by atoms with van der Waals surface area (Å²) in [5.41, 5.74) is 8.83. The van der Waals surface area contributed by atoms with Crippen LogP contribution in [0.2, 0.25) is 0 Å². The van der Waals surface area contributed by atoms with E-state index in [9.17, 15) is 0 Å². The molecule has 2 rings (SSSR count). The van der Waals surface area contributed by atoms with Gasteiger partial charge in [0.2, 0.25) is 0 Å². The second-order valence-corrected chi connectivity index (χ2v) is 4.71. The molecular weight excluding hydrogens is 212 g/mol. The highest BCUT2D eigenvalue weighted by molar-refractivity contribution is 5.28. The van der Waals surface area contributed by atoms with Crippen LogP contribution >= 0.6 is 0 Å². The molecule has 1 fully saturated rings. The van der Waals surface area contributed by atoms with Crippen LogP contribution in [0.3, 0.4) is 0 Å². The molecule has 0 saturated carbocycles. The SMILES string of the molecule is Cc1ccccc1C(N)CCN1CCOCC1. The second kappa shape index (κ2) is 6.15. The fourth-order valence-corrected chi connectivity index (χ4v) is 2.30. The lowest BCUT2D eigenvalue weighted by molar-refractivity contribution is 0.0366. The lowest BCUT2D eigenvalue weighted by Gasteiger charge is -2.27. The number of ether oxygens (including phenoxy) is 1. The molecule has 0 radical (unpaired) electrons. The molecule has 94 valence electrons. The summed E-state index contributed by atoms with van der Waals surface area (Å²) in [5, 5.41) is 0. The van der Waals surface area contributed by atoms with Gasteiger partial charge in [-0.05, 0) is 24.5 Å². The van der Waals surface area contributed by atoms with Gasteiger partial charge in [0.1, 0.15) is 0 Å². The maximum atomic E-state index is 6.26. The van der Waals surface area contributed by atoms with Crippen LogP contribution in [0.15, 0.2) is 24.3 Å². The normalized spacial score (nSPS) is 19.2. The first-order chi connectivity index (χ1) is 8.27. The molecule has 0 bridgehead atoms. The molecule has 17 heavy (non-hydrogen) atoms. The average Bonchev–Trinajstić information content (AvgIpc) is 2.38. The van der Waals surface area contributed by atoms with Crippen molar-refractivity contribution < 1.29 is 4.74 Å². The Morgan fingerprint density at radius 2 is 2.00 bits per heavy atom. The van der Waals surface area contributed by atoms with Crippen molar-refractivity contribution in [2.45, 2.75) is 19.4 Å². The number of nitrogens with two attached hydrogens (primary N) is 1. The molecule has 1 heterocycles. The summed E-state index contributed by atoms with van der Waals surface area (Å²) in [6.45, 7) is 7.00. The van der Waals surface area contributed by atoms with Crippen molar-refractivity contribution >= 4 is 0 Å². The third kappa shape index (κ3) is 3.53. The Morgan fingerprint density at radius 3 is 2.71 bits per heavy atom. The fourth-order valence-electron chi connectivity index (χ4n) is 2.30. The molecule has 1 saturated heterocycles. The molecule has 1 aromatic carbocycles. The van der Waals surface area contributed by atoms with E-state index in [0.717, 1.165) is 39.3 Å². The van der Waals surface area contributed by atoms with Crippen LogP contribution < -0.4 is 5.73 Å². The van der Waals surface area contributed by atoms with Gasteiger partial charge in [0.15, 0.2) is 0 Å². The lowest BCUT2D eigenvalue weighted by Crippen LogP contribution is -2.37. The van der Waals surface area contributed by atoms with Gasteiger partial charge in [-0.15, -0.1) is 0 Å². The van der Waals surface area contributed by atoms with Crippen LogP contribution in [0.25, 0.3) is 0 Å². The van der Waals surface area contributed by atoms with Gasteiger partial charge in [-0.1, -0.05) is 24.3 Å².